The molecule has 184 valence electrons. The molecule has 0 radical (unpaired) electrons. The molecule has 0 saturated carbocycles. The van der Waals surface area contributed by atoms with E-state index in [0.717, 1.165) is 29.5 Å². The molecule has 0 saturated heterocycles. The molecule has 0 aromatic heterocycles. The van der Waals surface area contributed by atoms with Gasteiger partial charge in [0.15, 0.2) is 11.6 Å². The predicted molar refractivity (Wildman–Crippen MR) is 123 cm³/mol. The molecule has 0 spiro atoms. The second-order valence-corrected chi connectivity index (χ2v) is 8.65. The highest BCUT2D eigenvalue weighted by molar-refractivity contribution is 5.73. The summed E-state index contributed by atoms with van der Waals surface area (Å²) in [5.41, 5.74) is 4.27. The lowest BCUT2D eigenvalue weighted by atomic mass is 9.85. The van der Waals surface area contributed by atoms with Crippen molar-refractivity contribution in [3.05, 3.63) is 94.3 Å². The minimum atomic E-state index is -5.25. The maximum atomic E-state index is 15.3. The van der Waals surface area contributed by atoms with Crippen LogP contribution in [-0.2, 0) is 19.3 Å². The second-order valence-electron chi connectivity index (χ2n) is 8.65. The maximum absolute atomic E-state index is 15.3. The van der Waals surface area contributed by atoms with Gasteiger partial charge in [0, 0.05) is 5.56 Å². The number of rotatable bonds is 7. The largest absolute Gasteiger partial charge is 0.573 e. The molecule has 7 heteroatoms. The number of unbranched alkanes of at least 4 members (excludes halogenated alkanes) is 2. The number of benzene rings is 3. The van der Waals surface area contributed by atoms with Crippen LogP contribution in [0.5, 0.6) is 5.75 Å². The molecule has 1 nitrogen and oxygen atoms in total. The minimum absolute atomic E-state index is 0.0895. The number of alkyl halides is 3. The highest BCUT2D eigenvalue weighted by atomic mass is 19.4. The Morgan fingerprint density at radius 3 is 2.17 bits per heavy atom. The molecule has 3 aromatic carbocycles. The van der Waals surface area contributed by atoms with Crippen LogP contribution in [0.4, 0.5) is 26.3 Å². The molecule has 1 aliphatic rings. The van der Waals surface area contributed by atoms with Crippen LogP contribution in [0.2, 0.25) is 0 Å². The third-order valence-electron chi connectivity index (χ3n) is 6.19. The van der Waals surface area contributed by atoms with Gasteiger partial charge < -0.3 is 4.74 Å². The topological polar surface area (TPSA) is 9.23 Å². The summed E-state index contributed by atoms with van der Waals surface area (Å²) in [6, 6.07) is 12.7. The van der Waals surface area contributed by atoms with Gasteiger partial charge >= 0.3 is 6.36 Å². The first kappa shape index (κ1) is 24.9. The molecule has 0 fully saturated rings. The maximum Gasteiger partial charge on any atom is 0.573 e. The van der Waals surface area contributed by atoms with E-state index in [0.29, 0.717) is 30.5 Å². The average molecular weight is 490 g/mol. The van der Waals surface area contributed by atoms with E-state index in [2.05, 4.69) is 35.9 Å². The third-order valence-corrected chi connectivity index (χ3v) is 6.19. The first-order valence-electron chi connectivity index (χ1n) is 11.5. The number of aryl methyl sites for hydroxylation is 1. The van der Waals surface area contributed by atoms with Crippen LogP contribution in [-0.4, -0.2) is 6.36 Å². The Hall–Kier alpha value is -3.22. The summed E-state index contributed by atoms with van der Waals surface area (Å²) in [5.74, 6) is -5.33. The predicted octanol–water partition coefficient (Wildman–Crippen LogP) is 8.58. The van der Waals surface area contributed by atoms with Crippen molar-refractivity contribution in [2.24, 2.45) is 0 Å². The standard InChI is InChI=1S/C28H24F6O/c1-2-3-4-5-17-6-8-18(9-7-17)19-10-12-22-20(14-19)11-13-23(26(22)31)21-15-24(29)27(25(30)16-21)35-28(32,33)34/h6-11,13,15-16H,2-5,12,14H2,1H3. The van der Waals surface area contributed by atoms with Crippen molar-refractivity contribution in [2.75, 3.05) is 0 Å². The SMILES string of the molecule is CCCCCc1ccc(C2=CCc3c(ccc(-c4cc(F)c(OC(F)(F)F)c(F)c4)c3F)C2)cc1. The fourth-order valence-electron chi connectivity index (χ4n) is 4.39. The number of ether oxygens (including phenoxy) is 1. The first-order chi connectivity index (χ1) is 16.7. The van der Waals surface area contributed by atoms with Crippen LogP contribution in [0, 0.1) is 17.5 Å². The molecular weight excluding hydrogens is 466 g/mol. The van der Waals surface area contributed by atoms with E-state index in [-0.39, 0.29) is 11.1 Å². The molecule has 0 N–H and O–H groups in total. The smallest absolute Gasteiger partial charge is 0.399 e. The highest BCUT2D eigenvalue weighted by Crippen LogP contribution is 2.37. The minimum Gasteiger partial charge on any atom is -0.399 e. The summed E-state index contributed by atoms with van der Waals surface area (Å²) >= 11 is 0. The molecule has 1 aliphatic carbocycles. The molecule has 0 atom stereocenters. The van der Waals surface area contributed by atoms with E-state index >= 15 is 4.39 Å². The average Bonchev–Trinajstić information content (AvgIpc) is 2.81. The second kappa shape index (κ2) is 10.2. The van der Waals surface area contributed by atoms with Gasteiger partial charge in [-0.1, -0.05) is 62.2 Å². The summed E-state index contributed by atoms with van der Waals surface area (Å²) in [6.45, 7) is 2.17. The fraction of sp³-hybridized carbons (Fsp3) is 0.286. The third kappa shape index (κ3) is 5.72. The summed E-state index contributed by atoms with van der Waals surface area (Å²) in [5, 5.41) is 0. The zero-order chi connectivity index (χ0) is 25.2. The van der Waals surface area contributed by atoms with Gasteiger partial charge in [-0.3, -0.25) is 0 Å². The van der Waals surface area contributed by atoms with Gasteiger partial charge in [-0.15, -0.1) is 13.2 Å². The lowest BCUT2D eigenvalue weighted by Crippen LogP contribution is -2.19. The number of halogens is 6. The molecule has 0 unspecified atom stereocenters. The van der Waals surface area contributed by atoms with Gasteiger partial charge in [0.05, 0.1) is 0 Å². The van der Waals surface area contributed by atoms with Gasteiger partial charge in [-0.2, -0.15) is 0 Å². The van der Waals surface area contributed by atoms with Gasteiger partial charge in [-0.25, -0.2) is 13.2 Å². The van der Waals surface area contributed by atoms with E-state index in [1.54, 1.807) is 6.07 Å². The summed E-state index contributed by atoms with van der Waals surface area (Å²) < 4.78 is 84.2. The van der Waals surface area contributed by atoms with Crippen molar-refractivity contribution in [3.63, 3.8) is 0 Å². The Balaban J connectivity index is 1.56. The highest BCUT2D eigenvalue weighted by Gasteiger charge is 2.34. The van der Waals surface area contributed by atoms with Crippen LogP contribution in [0.1, 0.15) is 48.4 Å². The van der Waals surface area contributed by atoms with Crippen molar-refractivity contribution in [1.82, 2.24) is 0 Å². The van der Waals surface area contributed by atoms with Gasteiger partial charge in [0.1, 0.15) is 5.82 Å². The van der Waals surface area contributed by atoms with Gasteiger partial charge in [0.2, 0.25) is 5.75 Å². The number of hydrogen-bond donors (Lipinski definition) is 0. The summed E-state index contributed by atoms with van der Waals surface area (Å²) in [7, 11) is 0. The number of allylic oxidation sites excluding steroid dienone is 2. The summed E-state index contributed by atoms with van der Waals surface area (Å²) in [4.78, 5) is 0. The van der Waals surface area contributed by atoms with E-state index in [1.807, 2.05) is 6.08 Å². The Morgan fingerprint density at radius 1 is 0.857 bits per heavy atom. The van der Waals surface area contributed by atoms with Crippen molar-refractivity contribution in [2.45, 2.75) is 51.8 Å². The molecule has 0 amide bonds. The summed E-state index contributed by atoms with van der Waals surface area (Å²) in [6.07, 6.45) is 2.04. The van der Waals surface area contributed by atoms with E-state index in [1.165, 1.54) is 24.5 Å². The molecule has 35 heavy (non-hydrogen) atoms. The zero-order valence-electron chi connectivity index (χ0n) is 19.1. The van der Waals surface area contributed by atoms with Crippen LogP contribution < -0.4 is 4.74 Å². The van der Waals surface area contributed by atoms with Crippen LogP contribution in [0.3, 0.4) is 0 Å². The molecule has 0 aliphatic heterocycles. The van der Waals surface area contributed by atoms with Crippen molar-refractivity contribution >= 4 is 5.57 Å². The lowest BCUT2D eigenvalue weighted by molar-refractivity contribution is -0.276. The molecule has 4 rings (SSSR count). The van der Waals surface area contributed by atoms with Crippen LogP contribution in [0.15, 0.2) is 54.6 Å². The number of fused-ring (bicyclic) bond motifs is 1. The molecule has 0 bridgehead atoms. The lowest BCUT2D eigenvalue weighted by Gasteiger charge is -2.20. The van der Waals surface area contributed by atoms with E-state index < -0.39 is 29.6 Å². The normalized spacial score (nSPS) is 13.4. The van der Waals surface area contributed by atoms with E-state index in [9.17, 15) is 22.0 Å². The van der Waals surface area contributed by atoms with Crippen LogP contribution >= 0.6 is 0 Å². The van der Waals surface area contributed by atoms with Crippen molar-refractivity contribution in [1.29, 1.82) is 0 Å². The Labute approximate surface area is 200 Å². The Bertz CT molecular complexity index is 1220. The fourth-order valence-corrected chi connectivity index (χ4v) is 4.39. The quantitative estimate of drug-likeness (QED) is 0.238. The monoisotopic (exact) mass is 490 g/mol. The molecular formula is C28H24F6O. The Kier molecular flexibility index (Phi) is 7.24. The van der Waals surface area contributed by atoms with Gasteiger partial charge in [0.25, 0.3) is 0 Å². The molecule has 0 heterocycles. The van der Waals surface area contributed by atoms with E-state index in [4.69, 9.17) is 0 Å². The first-order valence-corrected chi connectivity index (χ1v) is 11.5. The zero-order valence-corrected chi connectivity index (χ0v) is 19.1. The Morgan fingerprint density at radius 2 is 1.54 bits per heavy atom. The van der Waals surface area contributed by atoms with Gasteiger partial charge in [-0.05, 0) is 71.2 Å². The number of hydrogen-bond acceptors (Lipinski definition) is 1. The van der Waals surface area contributed by atoms with Crippen molar-refractivity contribution < 1.29 is 31.1 Å². The van der Waals surface area contributed by atoms with Crippen LogP contribution in [0.25, 0.3) is 16.7 Å². The molecule has 3 aromatic rings. The van der Waals surface area contributed by atoms with Crippen molar-refractivity contribution in [3.8, 4) is 16.9 Å².